The summed E-state index contributed by atoms with van der Waals surface area (Å²) in [6.45, 7) is 0. The Morgan fingerprint density at radius 2 is 1.85 bits per heavy atom. The van der Waals surface area contributed by atoms with Crippen molar-refractivity contribution in [2.24, 2.45) is 0 Å². The maximum absolute atomic E-state index is 10.8. The van der Waals surface area contributed by atoms with Gasteiger partial charge < -0.3 is 24.5 Å². The first kappa shape index (κ1) is 18.5. The molecule has 27 heavy (non-hydrogen) atoms. The molecule has 1 heterocycles. The number of methoxy groups -OCH3 is 1. The standard InChI is InChI=1S/C21H20O6/c1-26-21(13-5-3-2-4-6-13)16-11-14(22)12-17(23)20(16)18-9-7-15(27-18)8-10-19(24)25/h2-7,9,11-12,21-23H,8,10H2,1H3,(H,24,25). The zero-order chi connectivity index (χ0) is 19.4. The highest BCUT2D eigenvalue weighted by Crippen LogP contribution is 2.42. The SMILES string of the molecule is COC(c1ccccc1)c1cc(O)cc(O)c1-c1ccc(CCC(=O)O)o1. The van der Waals surface area contributed by atoms with Crippen molar-refractivity contribution in [3.05, 3.63) is 71.5 Å². The van der Waals surface area contributed by atoms with Crippen molar-refractivity contribution < 1.29 is 29.3 Å². The number of hydrogen-bond acceptors (Lipinski definition) is 5. The average molecular weight is 368 g/mol. The Labute approximate surface area is 156 Å². The summed E-state index contributed by atoms with van der Waals surface area (Å²) in [5.74, 6) is -0.283. The lowest BCUT2D eigenvalue weighted by Gasteiger charge is -2.20. The Balaban J connectivity index is 2.07. The lowest BCUT2D eigenvalue weighted by molar-refractivity contribution is -0.137. The van der Waals surface area contributed by atoms with Crippen LogP contribution in [0.25, 0.3) is 11.3 Å². The Hall–Kier alpha value is -3.25. The molecule has 1 unspecified atom stereocenters. The number of aliphatic carboxylic acids is 1. The summed E-state index contributed by atoms with van der Waals surface area (Å²) in [5.41, 5.74) is 1.79. The van der Waals surface area contributed by atoms with E-state index in [0.29, 0.717) is 22.6 Å². The zero-order valence-corrected chi connectivity index (χ0v) is 14.8. The van der Waals surface area contributed by atoms with E-state index in [1.807, 2.05) is 30.3 Å². The van der Waals surface area contributed by atoms with E-state index in [0.717, 1.165) is 5.56 Å². The number of phenols is 2. The first-order valence-corrected chi connectivity index (χ1v) is 8.44. The van der Waals surface area contributed by atoms with Crippen LogP contribution in [0.1, 0.15) is 29.4 Å². The number of hydrogen-bond donors (Lipinski definition) is 3. The third-order valence-corrected chi connectivity index (χ3v) is 4.25. The second-order valence-corrected chi connectivity index (χ2v) is 6.12. The van der Waals surface area contributed by atoms with E-state index in [-0.39, 0.29) is 24.3 Å². The monoisotopic (exact) mass is 368 g/mol. The Morgan fingerprint density at radius 1 is 1.11 bits per heavy atom. The van der Waals surface area contributed by atoms with Crippen LogP contribution in [0.4, 0.5) is 0 Å². The molecule has 0 amide bonds. The van der Waals surface area contributed by atoms with Crippen molar-refractivity contribution >= 4 is 5.97 Å². The molecule has 0 radical (unpaired) electrons. The molecule has 0 aliphatic carbocycles. The average Bonchev–Trinajstić information content (AvgIpc) is 3.09. The van der Waals surface area contributed by atoms with Gasteiger partial charge in [0.2, 0.25) is 0 Å². The number of rotatable bonds is 7. The molecule has 6 heteroatoms. The summed E-state index contributed by atoms with van der Waals surface area (Å²) >= 11 is 0. The van der Waals surface area contributed by atoms with Crippen molar-refractivity contribution in [3.63, 3.8) is 0 Å². The van der Waals surface area contributed by atoms with Crippen LogP contribution in [0.5, 0.6) is 11.5 Å². The summed E-state index contributed by atoms with van der Waals surface area (Å²) in [7, 11) is 1.54. The van der Waals surface area contributed by atoms with Crippen LogP contribution in [0.2, 0.25) is 0 Å². The van der Waals surface area contributed by atoms with E-state index in [1.165, 1.54) is 12.1 Å². The maximum atomic E-state index is 10.8. The van der Waals surface area contributed by atoms with Crippen molar-refractivity contribution in [1.29, 1.82) is 0 Å². The second kappa shape index (κ2) is 7.97. The predicted octanol–water partition coefficient (Wildman–Crippen LogP) is 4.11. The van der Waals surface area contributed by atoms with Crippen molar-refractivity contribution in [2.45, 2.75) is 18.9 Å². The van der Waals surface area contributed by atoms with Crippen LogP contribution >= 0.6 is 0 Å². The molecule has 2 aromatic carbocycles. The Kier molecular flexibility index (Phi) is 5.47. The third kappa shape index (κ3) is 4.12. The van der Waals surface area contributed by atoms with Crippen LogP contribution in [0.3, 0.4) is 0 Å². The summed E-state index contributed by atoms with van der Waals surface area (Å²) < 4.78 is 11.4. The first-order chi connectivity index (χ1) is 13.0. The molecule has 0 bridgehead atoms. The molecular weight excluding hydrogens is 348 g/mol. The van der Waals surface area contributed by atoms with E-state index < -0.39 is 12.1 Å². The Morgan fingerprint density at radius 3 is 2.52 bits per heavy atom. The predicted molar refractivity (Wildman–Crippen MR) is 98.7 cm³/mol. The van der Waals surface area contributed by atoms with Gasteiger partial charge in [0.15, 0.2) is 0 Å². The molecule has 0 aliphatic rings. The van der Waals surface area contributed by atoms with E-state index in [2.05, 4.69) is 0 Å². The van der Waals surface area contributed by atoms with Gasteiger partial charge in [0.05, 0.1) is 12.0 Å². The van der Waals surface area contributed by atoms with Gasteiger partial charge in [-0.05, 0) is 23.8 Å². The maximum Gasteiger partial charge on any atom is 0.303 e. The fraction of sp³-hybridized carbons (Fsp3) is 0.190. The molecule has 1 atom stereocenters. The summed E-state index contributed by atoms with van der Waals surface area (Å²) in [4.78, 5) is 10.8. The summed E-state index contributed by atoms with van der Waals surface area (Å²) in [5, 5.41) is 29.3. The number of benzene rings is 2. The Bertz CT molecular complexity index is 929. The number of carboxylic acids is 1. The van der Waals surface area contributed by atoms with E-state index in [9.17, 15) is 15.0 Å². The number of phenolic OH excluding ortho intramolecular Hbond substituents is 2. The lowest BCUT2D eigenvalue weighted by atomic mass is 9.94. The molecule has 0 aliphatic heterocycles. The topological polar surface area (TPSA) is 100 Å². The van der Waals surface area contributed by atoms with Crippen molar-refractivity contribution in [1.82, 2.24) is 0 Å². The highest BCUT2D eigenvalue weighted by atomic mass is 16.5. The fourth-order valence-corrected chi connectivity index (χ4v) is 3.06. The summed E-state index contributed by atoms with van der Waals surface area (Å²) in [6, 6.07) is 15.5. The van der Waals surface area contributed by atoms with Gasteiger partial charge in [-0.15, -0.1) is 0 Å². The van der Waals surface area contributed by atoms with Gasteiger partial charge in [-0.1, -0.05) is 30.3 Å². The van der Waals surface area contributed by atoms with Crippen molar-refractivity contribution in [3.8, 4) is 22.8 Å². The number of carbonyl (C=O) groups is 1. The molecule has 0 saturated heterocycles. The highest BCUT2D eigenvalue weighted by molar-refractivity contribution is 5.73. The molecule has 3 aromatic rings. The van der Waals surface area contributed by atoms with E-state index in [1.54, 1.807) is 19.2 Å². The number of furan rings is 1. The van der Waals surface area contributed by atoms with Crippen LogP contribution in [0.15, 0.2) is 59.0 Å². The molecule has 3 N–H and O–H groups in total. The van der Waals surface area contributed by atoms with Gasteiger partial charge >= 0.3 is 5.97 Å². The molecule has 3 rings (SSSR count). The largest absolute Gasteiger partial charge is 0.508 e. The number of aromatic hydroxyl groups is 2. The number of aryl methyl sites for hydroxylation is 1. The van der Waals surface area contributed by atoms with Crippen LogP contribution in [-0.2, 0) is 16.0 Å². The second-order valence-electron chi connectivity index (χ2n) is 6.12. The van der Waals surface area contributed by atoms with Gasteiger partial charge in [0.25, 0.3) is 0 Å². The van der Waals surface area contributed by atoms with Gasteiger partial charge in [-0.3, -0.25) is 4.79 Å². The highest BCUT2D eigenvalue weighted by Gasteiger charge is 2.24. The normalized spacial score (nSPS) is 12.0. The van der Waals surface area contributed by atoms with Crippen LogP contribution < -0.4 is 0 Å². The summed E-state index contributed by atoms with van der Waals surface area (Å²) in [6.07, 6.45) is -0.339. The van der Waals surface area contributed by atoms with Gasteiger partial charge in [-0.25, -0.2) is 0 Å². The van der Waals surface area contributed by atoms with Crippen LogP contribution in [-0.4, -0.2) is 28.4 Å². The quantitative estimate of drug-likeness (QED) is 0.580. The first-order valence-electron chi connectivity index (χ1n) is 8.44. The lowest BCUT2D eigenvalue weighted by Crippen LogP contribution is -2.05. The molecular formula is C21H20O6. The van der Waals surface area contributed by atoms with Gasteiger partial charge in [-0.2, -0.15) is 0 Å². The molecule has 0 spiro atoms. The van der Waals surface area contributed by atoms with Crippen LogP contribution in [0, 0.1) is 0 Å². The molecule has 1 aromatic heterocycles. The minimum Gasteiger partial charge on any atom is -0.508 e. The van der Waals surface area contributed by atoms with E-state index >= 15 is 0 Å². The third-order valence-electron chi connectivity index (χ3n) is 4.25. The molecule has 6 nitrogen and oxygen atoms in total. The molecule has 140 valence electrons. The van der Waals surface area contributed by atoms with Crippen molar-refractivity contribution in [2.75, 3.05) is 7.11 Å². The minimum atomic E-state index is -0.912. The molecule has 0 saturated carbocycles. The van der Waals surface area contributed by atoms with E-state index in [4.69, 9.17) is 14.3 Å². The van der Waals surface area contributed by atoms with Gasteiger partial charge in [0.1, 0.15) is 29.1 Å². The smallest absolute Gasteiger partial charge is 0.303 e. The fourth-order valence-electron chi connectivity index (χ4n) is 3.06. The molecule has 0 fully saturated rings. The number of ether oxygens (including phenoxy) is 1. The zero-order valence-electron chi connectivity index (χ0n) is 14.8. The minimum absolute atomic E-state index is 0.0495. The number of carboxylic acid groups (broad SMARTS) is 1. The van der Waals surface area contributed by atoms with Gasteiger partial charge in [0, 0.05) is 25.2 Å².